The molecule has 4 nitrogen and oxygen atoms in total. The van der Waals surface area contributed by atoms with E-state index in [4.69, 9.17) is 4.74 Å². The van der Waals surface area contributed by atoms with Gasteiger partial charge in [-0.05, 0) is 24.7 Å². The highest BCUT2D eigenvalue weighted by Gasteiger charge is 2.08. The SMILES string of the molecule is CN=C(NCCCOC)NCCCC(C)(C)C. The molecule has 0 atom stereocenters. The normalized spacial score (nSPS) is 12.6. The van der Waals surface area contributed by atoms with Gasteiger partial charge in [0.1, 0.15) is 0 Å². The number of guanidine groups is 1. The molecule has 0 bridgehead atoms. The number of ether oxygens (including phenoxy) is 1. The molecular formula is C13H29N3O. The van der Waals surface area contributed by atoms with Crippen molar-refractivity contribution < 1.29 is 4.74 Å². The highest BCUT2D eigenvalue weighted by atomic mass is 16.5. The van der Waals surface area contributed by atoms with E-state index >= 15 is 0 Å². The molecule has 17 heavy (non-hydrogen) atoms. The van der Waals surface area contributed by atoms with Crippen molar-refractivity contribution in [2.24, 2.45) is 10.4 Å². The van der Waals surface area contributed by atoms with Crippen molar-refractivity contribution in [3.05, 3.63) is 0 Å². The first-order valence-corrected chi connectivity index (χ1v) is 6.43. The Hall–Kier alpha value is -0.770. The highest BCUT2D eigenvalue weighted by molar-refractivity contribution is 5.79. The zero-order valence-corrected chi connectivity index (χ0v) is 12.1. The number of nitrogens with one attached hydrogen (secondary N) is 2. The maximum atomic E-state index is 4.99. The second kappa shape index (κ2) is 9.28. The molecule has 0 heterocycles. The van der Waals surface area contributed by atoms with Gasteiger partial charge in [0, 0.05) is 33.9 Å². The molecule has 0 aliphatic rings. The first-order valence-electron chi connectivity index (χ1n) is 6.43. The van der Waals surface area contributed by atoms with Crippen LogP contribution in [0.4, 0.5) is 0 Å². The van der Waals surface area contributed by atoms with Gasteiger partial charge in [-0.15, -0.1) is 0 Å². The number of hydrogen-bond donors (Lipinski definition) is 2. The van der Waals surface area contributed by atoms with Gasteiger partial charge in [-0.2, -0.15) is 0 Å². The van der Waals surface area contributed by atoms with Crippen molar-refractivity contribution in [3.8, 4) is 0 Å². The van der Waals surface area contributed by atoms with Crippen molar-refractivity contribution >= 4 is 5.96 Å². The van der Waals surface area contributed by atoms with Crippen molar-refractivity contribution in [1.82, 2.24) is 10.6 Å². The van der Waals surface area contributed by atoms with Crippen LogP contribution in [0.3, 0.4) is 0 Å². The lowest BCUT2D eigenvalue weighted by Gasteiger charge is -2.18. The van der Waals surface area contributed by atoms with E-state index in [9.17, 15) is 0 Å². The Labute approximate surface area is 106 Å². The minimum atomic E-state index is 0.414. The average molecular weight is 243 g/mol. The Bertz CT molecular complexity index is 209. The van der Waals surface area contributed by atoms with Crippen molar-refractivity contribution in [3.63, 3.8) is 0 Å². The predicted molar refractivity (Wildman–Crippen MR) is 74.5 cm³/mol. The number of methoxy groups -OCH3 is 1. The van der Waals surface area contributed by atoms with E-state index in [1.54, 1.807) is 14.2 Å². The third-order valence-corrected chi connectivity index (χ3v) is 2.44. The number of rotatable bonds is 7. The van der Waals surface area contributed by atoms with E-state index in [0.29, 0.717) is 5.41 Å². The summed E-state index contributed by atoms with van der Waals surface area (Å²) in [7, 11) is 3.52. The van der Waals surface area contributed by atoms with E-state index in [1.165, 1.54) is 12.8 Å². The second-order valence-electron chi connectivity index (χ2n) is 5.44. The Morgan fingerprint density at radius 1 is 1.12 bits per heavy atom. The summed E-state index contributed by atoms with van der Waals surface area (Å²) in [5.41, 5.74) is 0.414. The van der Waals surface area contributed by atoms with Crippen LogP contribution in [0.2, 0.25) is 0 Å². The average Bonchev–Trinajstić information content (AvgIpc) is 2.25. The molecule has 0 rings (SSSR count). The molecule has 0 unspecified atom stereocenters. The molecular weight excluding hydrogens is 214 g/mol. The molecule has 102 valence electrons. The van der Waals surface area contributed by atoms with Crippen LogP contribution in [0, 0.1) is 5.41 Å². The zero-order chi connectivity index (χ0) is 13.1. The summed E-state index contributed by atoms with van der Waals surface area (Å²) in [6.45, 7) is 9.46. The standard InChI is InChI=1S/C13H29N3O/c1-13(2,3)8-6-9-15-12(14-4)16-10-7-11-17-5/h6-11H2,1-5H3,(H2,14,15,16). The Balaban J connectivity index is 3.56. The van der Waals surface area contributed by atoms with Gasteiger partial charge in [0.25, 0.3) is 0 Å². The molecule has 0 aliphatic carbocycles. The van der Waals surface area contributed by atoms with E-state index in [2.05, 4.69) is 36.4 Å². The second-order valence-corrected chi connectivity index (χ2v) is 5.44. The summed E-state index contributed by atoms with van der Waals surface area (Å²) in [5, 5.41) is 6.58. The fraction of sp³-hybridized carbons (Fsp3) is 0.923. The monoisotopic (exact) mass is 243 g/mol. The van der Waals surface area contributed by atoms with Crippen LogP contribution in [-0.4, -0.2) is 39.8 Å². The van der Waals surface area contributed by atoms with Crippen molar-refractivity contribution in [2.45, 2.75) is 40.0 Å². The van der Waals surface area contributed by atoms with Crippen LogP contribution >= 0.6 is 0 Å². The zero-order valence-electron chi connectivity index (χ0n) is 12.1. The van der Waals surface area contributed by atoms with Crippen LogP contribution in [-0.2, 0) is 4.74 Å². The molecule has 0 aromatic rings. The lowest BCUT2D eigenvalue weighted by atomic mass is 9.91. The first-order chi connectivity index (χ1) is 7.99. The van der Waals surface area contributed by atoms with Gasteiger partial charge >= 0.3 is 0 Å². The third-order valence-electron chi connectivity index (χ3n) is 2.44. The molecule has 4 heteroatoms. The van der Waals surface area contributed by atoms with Gasteiger partial charge in [-0.3, -0.25) is 4.99 Å². The minimum absolute atomic E-state index is 0.414. The van der Waals surface area contributed by atoms with Gasteiger partial charge in [0.15, 0.2) is 5.96 Å². The van der Waals surface area contributed by atoms with Gasteiger partial charge in [0.2, 0.25) is 0 Å². The van der Waals surface area contributed by atoms with E-state index in [0.717, 1.165) is 32.1 Å². The smallest absolute Gasteiger partial charge is 0.190 e. The number of aliphatic imine (C=N–C) groups is 1. The van der Waals surface area contributed by atoms with Gasteiger partial charge in [-0.1, -0.05) is 20.8 Å². The van der Waals surface area contributed by atoms with Crippen LogP contribution in [0.1, 0.15) is 40.0 Å². The Kier molecular flexibility index (Phi) is 8.86. The first kappa shape index (κ1) is 16.2. The summed E-state index contributed by atoms with van der Waals surface area (Å²) in [6.07, 6.45) is 3.39. The van der Waals surface area contributed by atoms with Gasteiger partial charge in [0.05, 0.1) is 0 Å². The molecule has 0 saturated heterocycles. The minimum Gasteiger partial charge on any atom is -0.385 e. The molecule has 0 amide bonds. The summed E-state index contributed by atoms with van der Waals surface area (Å²) in [4.78, 5) is 4.17. The Morgan fingerprint density at radius 3 is 2.18 bits per heavy atom. The lowest BCUT2D eigenvalue weighted by Crippen LogP contribution is -2.38. The fourth-order valence-electron chi connectivity index (χ4n) is 1.47. The largest absolute Gasteiger partial charge is 0.385 e. The predicted octanol–water partition coefficient (Wildman–Crippen LogP) is 2.01. The maximum Gasteiger partial charge on any atom is 0.190 e. The van der Waals surface area contributed by atoms with Gasteiger partial charge < -0.3 is 15.4 Å². The summed E-state index contributed by atoms with van der Waals surface area (Å²) < 4.78 is 4.99. The molecule has 0 fully saturated rings. The lowest BCUT2D eigenvalue weighted by molar-refractivity contribution is 0.195. The molecule has 0 radical (unpaired) electrons. The van der Waals surface area contributed by atoms with Crippen LogP contribution in [0.15, 0.2) is 4.99 Å². The van der Waals surface area contributed by atoms with Crippen molar-refractivity contribution in [1.29, 1.82) is 0 Å². The van der Waals surface area contributed by atoms with Gasteiger partial charge in [-0.25, -0.2) is 0 Å². The number of hydrogen-bond acceptors (Lipinski definition) is 2. The molecule has 0 saturated carbocycles. The summed E-state index contributed by atoms with van der Waals surface area (Å²) >= 11 is 0. The molecule has 2 N–H and O–H groups in total. The van der Waals surface area contributed by atoms with Crippen LogP contribution < -0.4 is 10.6 Å². The topological polar surface area (TPSA) is 45.7 Å². The quantitative estimate of drug-likeness (QED) is 0.408. The Morgan fingerprint density at radius 2 is 1.71 bits per heavy atom. The third kappa shape index (κ3) is 11.5. The molecule has 0 aromatic heterocycles. The van der Waals surface area contributed by atoms with E-state index in [-0.39, 0.29) is 0 Å². The van der Waals surface area contributed by atoms with Crippen LogP contribution in [0.25, 0.3) is 0 Å². The van der Waals surface area contributed by atoms with Crippen LogP contribution in [0.5, 0.6) is 0 Å². The molecule has 0 spiro atoms. The van der Waals surface area contributed by atoms with Crippen molar-refractivity contribution in [2.75, 3.05) is 33.9 Å². The summed E-state index contributed by atoms with van der Waals surface area (Å²) in [5.74, 6) is 0.884. The highest BCUT2D eigenvalue weighted by Crippen LogP contribution is 2.19. The fourth-order valence-corrected chi connectivity index (χ4v) is 1.47. The van der Waals surface area contributed by atoms with E-state index in [1.807, 2.05) is 0 Å². The molecule has 0 aromatic carbocycles. The molecule has 0 aliphatic heterocycles. The number of nitrogens with zero attached hydrogens (tertiary/aromatic N) is 1. The van der Waals surface area contributed by atoms with E-state index < -0.39 is 0 Å². The maximum absolute atomic E-state index is 4.99. The summed E-state index contributed by atoms with van der Waals surface area (Å²) in [6, 6.07) is 0.